The highest BCUT2D eigenvalue weighted by molar-refractivity contribution is 7.89. The Balaban J connectivity index is 3.00. The van der Waals surface area contributed by atoms with E-state index in [9.17, 15) is 13.2 Å². The zero-order chi connectivity index (χ0) is 16.2. The van der Waals surface area contributed by atoms with E-state index in [1.54, 1.807) is 0 Å². The number of carbonyl (C=O) groups is 1. The van der Waals surface area contributed by atoms with Gasteiger partial charge in [0.15, 0.2) is 5.03 Å². The van der Waals surface area contributed by atoms with Crippen LogP contribution in [0.5, 0.6) is 0 Å². The Labute approximate surface area is 124 Å². The number of carboxylic acid groups (broad SMARTS) is 1. The Bertz CT molecular complexity index is 570. The van der Waals surface area contributed by atoms with Gasteiger partial charge in [-0.25, -0.2) is 17.9 Å². The average Bonchev–Trinajstić information content (AvgIpc) is 2.75. The molecule has 21 heavy (non-hydrogen) atoms. The summed E-state index contributed by atoms with van der Waals surface area (Å²) in [4.78, 5) is 12.9. The summed E-state index contributed by atoms with van der Waals surface area (Å²) < 4.78 is 27.2. The summed E-state index contributed by atoms with van der Waals surface area (Å²) in [5, 5.41) is 14.3. The van der Waals surface area contributed by atoms with Gasteiger partial charge in [-0.2, -0.15) is 5.10 Å². The van der Waals surface area contributed by atoms with Crippen LogP contribution in [0, 0.1) is 5.92 Å². The molecule has 0 amide bonds. The van der Waals surface area contributed by atoms with Crippen LogP contribution in [-0.2, 0) is 10.0 Å². The second kappa shape index (κ2) is 7.01. The Morgan fingerprint density at radius 1 is 1.48 bits per heavy atom. The molecule has 120 valence electrons. The fourth-order valence-electron chi connectivity index (χ4n) is 2.08. The van der Waals surface area contributed by atoms with Crippen LogP contribution in [0.25, 0.3) is 0 Å². The number of sulfonamides is 1. The predicted octanol–water partition coefficient (Wildman–Crippen LogP) is 0.363. The lowest BCUT2D eigenvalue weighted by Crippen LogP contribution is -2.42. The molecule has 1 aromatic heterocycles. The van der Waals surface area contributed by atoms with Gasteiger partial charge < -0.3 is 10.0 Å². The van der Waals surface area contributed by atoms with E-state index >= 15 is 0 Å². The quantitative estimate of drug-likeness (QED) is 0.637. The van der Waals surface area contributed by atoms with Gasteiger partial charge in [-0.05, 0) is 26.4 Å². The van der Waals surface area contributed by atoms with E-state index in [0.717, 1.165) is 6.20 Å². The molecular formula is C12H22N4O4S. The Hall–Kier alpha value is -1.45. The summed E-state index contributed by atoms with van der Waals surface area (Å²) in [6.07, 6.45) is 1.63. The first-order chi connectivity index (χ1) is 9.63. The second-order valence-corrected chi connectivity index (χ2v) is 7.28. The normalized spacial score (nSPS) is 13.8. The molecule has 0 fully saturated rings. The lowest BCUT2D eigenvalue weighted by Gasteiger charge is -2.23. The number of aromatic carboxylic acids is 1. The molecule has 0 spiro atoms. The van der Waals surface area contributed by atoms with Crippen molar-refractivity contribution >= 4 is 16.0 Å². The molecule has 9 heteroatoms. The molecule has 0 aliphatic carbocycles. The maximum Gasteiger partial charge on any atom is 0.340 e. The minimum atomic E-state index is -3.96. The lowest BCUT2D eigenvalue weighted by atomic mass is 10.0. The van der Waals surface area contributed by atoms with Crippen LogP contribution in [0.4, 0.5) is 0 Å². The van der Waals surface area contributed by atoms with Crippen molar-refractivity contribution in [1.29, 1.82) is 0 Å². The molecule has 1 atom stereocenters. The highest BCUT2D eigenvalue weighted by atomic mass is 32.2. The van der Waals surface area contributed by atoms with Gasteiger partial charge in [0.05, 0.1) is 6.20 Å². The Morgan fingerprint density at radius 2 is 2.10 bits per heavy atom. The smallest absolute Gasteiger partial charge is 0.340 e. The van der Waals surface area contributed by atoms with Gasteiger partial charge in [-0.1, -0.05) is 13.8 Å². The fraction of sp³-hybridized carbons (Fsp3) is 0.667. The number of aromatic amines is 1. The number of rotatable bonds is 8. The summed E-state index contributed by atoms with van der Waals surface area (Å²) in [6, 6.07) is -0.310. The topological polar surface area (TPSA) is 115 Å². The van der Waals surface area contributed by atoms with Crippen molar-refractivity contribution in [2.24, 2.45) is 5.92 Å². The molecule has 0 aliphatic heterocycles. The molecule has 0 aliphatic rings. The lowest BCUT2D eigenvalue weighted by molar-refractivity contribution is 0.0692. The van der Waals surface area contributed by atoms with E-state index in [1.807, 2.05) is 32.8 Å². The molecule has 0 saturated heterocycles. The van der Waals surface area contributed by atoms with Crippen LogP contribution in [0.3, 0.4) is 0 Å². The van der Waals surface area contributed by atoms with Crippen LogP contribution in [0.1, 0.15) is 30.6 Å². The van der Waals surface area contributed by atoms with E-state index in [0.29, 0.717) is 18.9 Å². The van der Waals surface area contributed by atoms with E-state index in [-0.39, 0.29) is 11.6 Å². The molecule has 3 N–H and O–H groups in total. The molecule has 1 unspecified atom stereocenters. The number of aromatic nitrogens is 2. The minimum Gasteiger partial charge on any atom is -0.478 e. The van der Waals surface area contributed by atoms with Crippen LogP contribution in [-0.4, -0.2) is 61.3 Å². The molecular weight excluding hydrogens is 296 g/mol. The van der Waals surface area contributed by atoms with Gasteiger partial charge in [0, 0.05) is 12.6 Å². The molecule has 1 rings (SSSR count). The molecule has 0 bridgehead atoms. The molecule has 0 saturated carbocycles. The molecule has 1 aromatic rings. The van der Waals surface area contributed by atoms with Crippen LogP contribution < -0.4 is 4.72 Å². The van der Waals surface area contributed by atoms with Gasteiger partial charge in [-0.3, -0.25) is 5.10 Å². The van der Waals surface area contributed by atoms with Gasteiger partial charge in [0.1, 0.15) is 5.56 Å². The predicted molar refractivity (Wildman–Crippen MR) is 77.7 cm³/mol. The van der Waals surface area contributed by atoms with Crippen molar-refractivity contribution in [1.82, 2.24) is 19.8 Å². The van der Waals surface area contributed by atoms with Crippen molar-refractivity contribution < 1.29 is 18.3 Å². The molecule has 1 heterocycles. The Morgan fingerprint density at radius 3 is 2.57 bits per heavy atom. The highest BCUT2D eigenvalue weighted by Gasteiger charge is 2.27. The number of likely N-dealkylation sites (N-methyl/N-ethyl adjacent to an activating group) is 1. The first-order valence-electron chi connectivity index (χ1n) is 6.57. The highest BCUT2D eigenvalue weighted by Crippen LogP contribution is 2.14. The summed E-state index contributed by atoms with van der Waals surface area (Å²) in [5.74, 6) is -1.03. The van der Waals surface area contributed by atoms with E-state index in [2.05, 4.69) is 14.9 Å². The SMILES string of the molecule is CC(C)CC(CN(C)C)NS(=O)(=O)c1[nH]ncc1C(=O)O. The maximum atomic E-state index is 12.3. The van der Waals surface area contributed by atoms with Gasteiger partial charge in [0.2, 0.25) is 0 Å². The van der Waals surface area contributed by atoms with Crippen molar-refractivity contribution in [2.75, 3.05) is 20.6 Å². The minimum absolute atomic E-state index is 0.304. The van der Waals surface area contributed by atoms with Crippen LogP contribution in [0.15, 0.2) is 11.2 Å². The van der Waals surface area contributed by atoms with Gasteiger partial charge in [-0.15, -0.1) is 0 Å². The number of nitrogens with one attached hydrogen (secondary N) is 2. The van der Waals surface area contributed by atoms with Crippen molar-refractivity contribution in [3.63, 3.8) is 0 Å². The number of carboxylic acids is 1. The summed E-state index contributed by atoms with van der Waals surface area (Å²) in [6.45, 7) is 4.51. The third-order valence-corrected chi connectivity index (χ3v) is 4.26. The summed E-state index contributed by atoms with van der Waals surface area (Å²) >= 11 is 0. The average molecular weight is 318 g/mol. The maximum absolute atomic E-state index is 12.3. The van der Waals surface area contributed by atoms with Crippen molar-refractivity contribution in [3.8, 4) is 0 Å². The first kappa shape index (κ1) is 17.6. The van der Waals surface area contributed by atoms with Gasteiger partial charge in [0.25, 0.3) is 10.0 Å². The monoisotopic (exact) mass is 318 g/mol. The van der Waals surface area contributed by atoms with Crippen LogP contribution >= 0.6 is 0 Å². The zero-order valence-electron chi connectivity index (χ0n) is 12.6. The van der Waals surface area contributed by atoms with Gasteiger partial charge >= 0.3 is 5.97 Å². The third-order valence-electron chi connectivity index (χ3n) is 2.77. The molecule has 0 aromatic carbocycles. The molecule has 8 nitrogen and oxygen atoms in total. The number of nitrogens with zero attached hydrogens (tertiary/aromatic N) is 2. The Kier molecular flexibility index (Phi) is 5.87. The van der Waals surface area contributed by atoms with Crippen LogP contribution in [0.2, 0.25) is 0 Å². The van der Waals surface area contributed by atoms with Crippen molar-refractivity contribution in [2.45, 2.75) is 31.3 Å². The fourth-order valence-corrected chi connectivity index (χ4v) is 3.41. The van der Waals surface area contributed by atoms with E-state index in [1.165, 1.54) is 0 Å². The zero-order valence-corrected chi connectivity index (χ0v) is 13.4. The van der Waals surface area contributed by atoms with E-state index < -0.39 is 21.0 Å². The third kappa shape index (κ3) is 5.10. The number of hydrogen-bond acceptors (Lipinski definition) is 5. The summed E-state index contributed by atoms with van der Waals surface area (Å²) in [5.41, 5.74) is -0.365. The largest absolute Gasteiger partial charge is 0.478 e. The van der Waals surface area contributed by atoms with E-state index in [4.69, 9.17) is 5.11 Å². The number of hydrogen-bond donors (Lipinski definition) is 3. The second-order valence-electron chi connectivity index (χ2n) is 5.63. The van der Waals surface area contributed by atoms with Crippen molar-refractivity contribution in [3.05, 3.63) is 11.8 Å². The number of H-pyrrole nitrogens is 1. The standard InChI is InChI=1S/C12H22N4O4S/c1-8(2)5-9(7-16(3)4)15-21(19,20)11-10(12(17)18)6-13-14-11/h6,8-9,15H,5,7H2,1-4H3,(H,13,14)(H,17,18). The summed E-state index contributed by atoms with van der Waals surface area (Å²) in [7, 11) is -0.263. The first-order valence-corrected chi connectivity index (χ1v) is 8.05. The molecule has 0 radical (unpaired) electrons.